The van der Waals surface area contributed by atoms with Gasteiger partial charge in [-0.2, -0.15) is 0 Å². The van der Waals surface area contributed by atoms with Gasteiger partial charge in [0, 0.05) is 153 Å². The van der Waals surface area contributed by atoms with Crippen LogP contribution in [0.25, 0.3) is 0 Å². The number of nitrogens with zero attached hydrogens (tertiary/aromatic N) is 1. The smallest absolute Gasteiger partial charge is 0.394 e. The molecule has 4 fully saturated rings. The zero-order chi connectivity index (χ0) is 85.3. The quantitative estimate of drug-likeness (QED) is 0.0203. The summed E-state index contributed by atoms with van der Waals surface area (Å²) in [5.41, 5.74) is -1.07. The van der Waals surface area contributed by atoms with Crippen LogP contribution in [0.2, 0.25) is 0 Å². The summed E-state index contributed by atoms with van der Waals surface area (Å²) in [7, 11) is -3.07. The molecular weight excluding hydrogens is 1530 g/mol. The van der Waals surface area contributed by atoms with Crippen LogP contribution in [0.3, 0.4) is 0 Å². The maximum Gasteiger partial charge on any atom is 0.471 e. The Morgan fingerprint density at radius 2 is 0.655 bits per heavy atom. The van der Waals surface area contributed by atoms with Crippen molar-refractivity contribution >= 4 is 54.2 Å². The van der Waals surface area contributed by atoms with E-state index in [2.05, 4.69) is 4.52 Å². The number of carbonyl (C=O) groups is 8. The highest BCUT2D eigenvalue weighted by molar-refractivity contribution is 7.47. The van der Waals surface area contributed by atoms with Crippen LogP contribution in [0, 0.1) is 29.1 Å². The van der Waals surface area contributed by atoms with Crippen LogP contribution < -0.4 is 0 Å². The molecular formula is C84H148NO30P. The average Bonchev–Trinajstić information content (AvgIpc) is 1.41. The van der Waals surface area contributed by atoms with Crippen molar-refractivity contribution in [2.24, 2.45) is 29.1 Å². The predicted molar refractivity (Wildman–Crippen MR) is 426 cm³/mol. The lowest BCUT2D eigenvalue weighted by Gasteiger charge is -2.40. The Balaban J connectivity index is 1.28. The highest BCUT2D eigenvalue weighted by Crippen LogP contribution is 2.43. The minimum Gasteiger partial charge on any atom is -0.394 e. The zero-order valence-electron chi connectivity index (χ0n) is 70.3. The maximum absolute atomic E-state index is 14.2. The molecule has 10 N–H and O–H groups in total. The Kier molecular flexibility index (Phi) is 54.4. The molecule has 0 aromatic carbocycles. The number of hydrogen-bond donors (Lipinski definition) is 10. The molecule has 0 aliphatic carbocycles. The van der Waals surface area contributed by atoms with E-state index in [0.29, 0.717) is 167 Å². The van der Waals surface area contributed by atoms with Gasteiger partial charge >= 0.3 is 7.82 Å². The second-order valence-corrected chi connectivity index (χ2v) is 34.6. The van der Waals surface area contributed by atoms with Crippen LogP contribution in [0.1, 0.15) is 278 Å². The first-order valence-corrected chi connectivity index (χ1v) is 45.0. The molecule has 4 heterocycles. The third-order valence-electron chi connectivity index (χ3n) is 22.8. The maximum atomic E-state index is 14.2. The van der Waals surface area contributed by atoms with E-state index in [-0.39, 0.29) is 176 Å². The van der Waals surface area contributed by atoms with Gasteiger partial charge in [0.05, 0.1) is 90.4 Å². The van der Waals surface area contributed by atoms with E-state index in [9.17, 15) is 93.8 Å². The molecule has 0 aromatic rings. The number of aliphatic hydroxyl groups is 9. The number of rotatable bonds is 71. The first-order chi connectivity index (χ1) is 55.6. The van der Waals surface area contributed by atoms with E-state index in [0.717, 1.165) is 45.6 Å². The number of ether oxygens (including phenoxy) is 9. The Morgan fingerprint density at radius 1 is 0.379 bits per heavy atom. The van der Waals surface area contributed by atoms with E-state index < -0.39 is 125 Å². The molecule has 4 aliphatic heterocycles. The van der Waals surface area contributed by atoms with E-state index in [1.165, 1.54) is 0 Å². The lowest BCUT2D eigenvalue weighted by Crippen LogP contribution is -2.55. The number of hydrogen-bond acceptors (Lipinski definition) is 29. The molecule has 32 heteroatoms. The number of amides is 1. The van der Waals surface area contributed by atoms with Crippen LogP contribution in [-0.2, 0) is 94.6 Å². The van der Waals surface area contributed by atoms with Crippen LogP contribution in [0.15, 0.2) is 0 Å². The molecule has 4 rings (SSSR count). The number of Topliss-reactive ketones (excluding diaryl/α,β-unsaturated/α-hetero) is 7. The summed E-state index contributed by atoms with van der Waals surface area (Å²) in [5, 5.41) is 89.8. The van der Waals surface area contributed by atoms with Crippen molar-refractivity contribution in [3.8, 4) is 0 Å². The van der Waals surface area contributed by atoms with Gasteiger partial charge < -0.3 is 98.4 Å². The minimum absolute atomic E-state index is 0.00156. The fraction of sp³-hybridized carbons (Fsp3) is 0.905. The molecule has 18 atom stereocenters. The Bertz CT molecular complexity index is 2590. The summed E-state index contributed by atoms with van der Waals surface area (Å²) in [6, 6.07) is -0.293. The van der Waals surface area contributed by atoms with Crippen LogP contribution in [0.4, 0.5) is 0 Å². The summed E-state index contributed by atoms with van der Waals surface area (Å²) in [4.78, 5) is 117. The molecule has 0 saturated carbocycles. The first kappa shape index (κ1) is 105. The third-order valence-corrected chi connectivity index (χ3v) is 23.7. The number of phosphoric acid groups is 1. The number of unbranched alkanes of at least 4 members (excludes halogenated alkanes) is 16. The molecule has 0 spiro atoms. The van der Waals surface area contributed by atoms with Gasteiger partial charge in [0.15, 0.2) is 18.9 Å². The number of aliphatic hydroxyl groups excluding tert-OH is 9. The summed E-state index contributed by atoms with van der Waals surface area (Å²) in [5.74, 6) is -1.13. The fourth-order valence-electron chi connectivity index (χ4n) is 15.2. The van der Waals surface area contributed by atoms with Crippen LogP contribution in [0.5, 0.6) is 0 Å². The molecule has 0 aromatic heterocycles. The van der Waals surface area contributed by atoms with Crippen molar-refractivity contribution in [2.75, 3.05) is 99.5 Å². The lowest BCUT2D eigenvalue weighted by atomic mass is 9.83. The van der Waals surface area contributed by atoms with E-state index in [1.54, 1.807) is 25.7 Å². The SMILES string of the molecule is COP(=O)(O)OC[C@@H]1CC(C)CN1C(=O)CCCCCCCCCCC(=O)CC(COCCC(=O)CCCCCC(=O)CCCCOC1OC(CO)C(O)C(O)C1C)(COCCC(=O)CCCCCC(=O)CCCCOC1OC(CO)C(O)C(O)C1C)COCCC(=O)CCCCCC(=O)CCCCOC1OC(CO)C(O)C(O)C1C. The first-order valence-electron chi connectivity index (χ1n) is 43.5. The minimum atomic E-state index is -4.17. The molecule has 116 heavy (non-hydrogen) atoms. The van der Waals surface area contributed by atoms with E-state index >= 15 is 0 Å². The molecule has 31 nitrogen and oxygen atoms in total. The predicted octanol–water partition coefficient (Wildman–Crippen LogP) is 8.11. The number of carbonyl (C=O) groups excluding carboxylic acids is 8. The van der Waals surface area contributed by atoms with Crippen LogP contribution >= 0.6 is 7.82 Å². The molecule has 17 unspecified atom stereocenters. The van der Waals surface area contributed by atoms with Gasteiger partial charge in [0.25, 0.3) is 0 Å². The molecule has 1 amide bonds. The second-order valence-electron chi connectivity index (χ2n) is 33.0. The summed E-state index contributed by atoms with van der Waals surface area (Å²) >= 11 is 0. The number of ketones is 7. The molecule has 4 aliphatic rings. The second kappa shape index (κ2) is 60.1. The van der Waals surface area contributed by atoms with Gasteiger partial charge in [0.2, 0.25) is 5.91 Å². The fourth-order valence-corrected chi connectivity index (χ4v) is 15.6. The summed E-state index contributed by atoms with van der Waals surface area (Å²) in [6.45, 7) is 7.07. The van der Waals surface area contributed by atoms with E-state index in [1.807, 2.05) is 6.92 Å². The largest absolute Gasteiger partial charge is 0.471 e. The monoisotopic (exact) mass is 1680 g/mol. The normalized spacial score (nSPS) is 26.7. The lowest BCUT2D eigenvalue weighted by molar-refractivity contribution is -0.282. The third kappa shape index (κ3) is 42.1. The van der Waals surface area contributed by atoms with Crippen molar-refractivity contribution in [3.63, 3.8) is 0 Å². The van der Waals surface area contributed by atoms with Gasteiger partial charge in [-0.3, -0.25) is 47.4 Å². The molecule has 0 bridgehead atoms. The highest BCUT2D eigenvalue weighted by atomic mass is 31.2. The average molecular weight is 1680 g/mol. The van der Waals surface area contributed by atoms with Crippen molar-refractivity contribution in [2.45, 2.75) is 358 Å². The van der Waals surface area contributed by atoms with Crippen LogP contribution in [-0.4, -0.2) is 282 Å². The number of phosphoric ester groups is 1. The Hall–Kier alpha value is -3.45. The standard InChI is InChI=1S/C84H148NO30P/c1-59-49-63(55-112-116(103,104)105-5)85(51-59)74(96)39-22-11-9-7-6-8-10-15-38-70(95)50-84(56-106-46-40-67(92)32-19-12-16-29-64(89)35-23-26-43-109-81-60(2)75(97)78(100)71(52-86)113-81,57-107-47-41-68(93)33-20-13-17-30-65(90)36-24-27-44-110-82-61(3)76(98)79(101)72(53-87)114-82)58-108-48-42-69(94)34-21-14-18-31-66(91)37-25-28-45-111-83-62(4)77(99)80(102)73(54-88)115-83/h59-63,71-73,75-83,86-88,97-102H,6-58H2,1-5H3,(H,103,104)/t59?,60?,61?,62?,63-,71?,72?,73?,75?,76?,77?,78?,79?,80?,81?,82?,83?,84?/m0/s1. The van der Waals surface area contributed by atoms with Crippen molar-refractivity contribution in [1.29, 1.82) is 0 Å². The summed E-state index contributed by atoms with van der Waals surface area (Å²) in [6.07, 6.45) is 8.27. The molecule has 674 valence electrons. The van der Waals surface area contributed by atoms with E-state index in [4.69, 9.17) is 47.2 Å². The van der Waals surface area contributed by atoms with Gasteiger partial charge in [0.1, 0.15) is 77.1 Å². The highest BCUT2D eigenvalue weighted by Gasteiger charge is 2.45. The van der Waals surface area contributed by atoms with Gasteiger partial charge in [-0.15, -0.1) is 0 Å². The Morgan fingerprint density at radius 3 is 0.966 bits per heavy atom. The van der Waals surface area contributed by atoms with Crippen molar-refractivity contribution in [3.05, 3.63) is 0 Å². The molecule has 4 saturated heterocycles. The van der Waals surface area contributed by atoms with Crippen molar-refractivity contribution < 1.29 is 145 Å². The molecule has 0 radical (unpaired) electrons. The zero-order valence-corrected chi connectivity index (χ0v) is 71.2. The summed E-state index contributed by atoms with van der Waals surface area (Å²) < 4.78 is 74.6. The van der Waals surface area contributed by atoms with Crippen molar-refractivity contribution in [1.82, 2.24) is 4.90 Å². The topological polar surface area (TPSA) is 461 Å². The van der Waals surface area contributed by atoms with Gasteiger partial charge in [-0.25, -0.2) is 4.57 Å². The Labute approximate surface area is 688 Å². The van der Waals surface area contributed by atoms with Gasteiger partial charge in [-0.1, -0.05) is 85.5 Å². The van der Waals surface area contributed by atoms with Gasteiger partial charge in [-0.05, 0) is 102 Å². The number of likely N-dealkylation sites (tertiary alicyclic amines) is 1.